The van der Waals surface area contributed by atoms with Gasteiger partial charge in [0.15, 0.2) is 5.16 Å². The smallest absolute Gasteiger partial charge is 0.169 e. The fourth-order valence-electron chi connectivity index (χ4n) is 4.42. The van der Waals surface area contributed by atoms with Gasteiger partial charge < -0.3 is 4.57 Å². The summed E-state index contributed by atoms with van der Waals surface area (Å²) in [5, 5.41) is 10.1. The van der Waals surface area contributed by atoms with Gasteiger partial charge in [-0.2, -0.15) is 5.26 Å². The summed E-state index contributed by atoms with van der Waals surface area (Å²) in [6.07, 6.45) is 5.70. The molecule has 1 aromatic heterocycles. The molecule has 0 N–H and O–H groups in total. The number of hydrogen-bond acceptors (Lipinski definition) is 3. The Hall–Kier alpha value is -0.950. The van der Waals surface area contributed by atoms with E-state index in [-0.39, 0.29) is 5.25 Å². The molecular weight excluding hydrogens is 278 g/mol. The Labute approximate surface area is 132 Å². The van der Waals surface area contributed by atoms with E-state index in [4.69, 9.17) is 10.2 Å². The van der Waals surface area contributed by atoms with E-state index in [2.05, 4.69) is 31.4 Å². The molecule has 1 heterocycles. The molecule has 114 valence electrons. The van der Waals surface area contributed by atoms with Gasteiger partial charge in [0.1, 0.15) is 0 Å². The minimum atomic E-state index is -0.0443. The van der Waals surface area contributed by atoms with Crippen LogP contribution in [0.3, 0.4) is 0 Å². The van der Waals surface area contributed by atoms with Crippen molar-refractivity contribution in [3.8, 4) is 6.07 Å². The number of aryl methyl sites for hydroxylation is 1. The molecule has 0 amide bonds. The number of aromatic nitrogens is 2. The molecule has 0 unspecified atom stereocenters. The SMILES string of the molecule is Cc1nc(S[C@H](C)C#N)n([C@@H](C)[C@@H]2C[C@H]3CC[C@H]2C3)c1C. The van der Waals surface area contributed by atoms with Gasteiger partial charge in [0.2, 0.25) is 0 Å². The van der Waals surface area contributed by atoms with Gasteiger partial charge in [-0.05, 0) is 64.7 Å². The van der Waals surface area contributed by atoms with Crippen molar-refractivity contribution in [2.24, 2.45) is 17.8 Å². The average molecular weight is 303 g/mol. The average Bonchev–Trinajstić information content (AvgIpc) is 3.14. The highest BCUT2D eigenvalue weighted by Crippen LogP contribution is 2.52. The standard InChI is InChI=1S/C17H25N3S/c1-10(9-18)21-17-19-11(2)12(3)20(17)13(4)16-8-14-5-6-15(16)7-14/h10,13-16H,5-8H2,1-4H3/t10-,13+,14+,15+,16+/m1/s1. The Morgan fingerprint density at radius 1 is 1.29 bits per heavy atom. The molecule has 0 aromatic carbocycles. The number of fused-ring (bicyclic) bond motifs is 2. The Balaban J connectivity index is 1.88. The highest BCUT2D eigenvalue weighted by atomic mass is 32.2. The highest BCUT2D eigenvalue weighted by Gasteiger charge is 2.43. The zero-order valence-electron chi connectivity index (χ0n) is 13.5. The van der Waals surface area contributed by atoms with Crippen molar-refractivity contribution in [1.29, 1.82) is 5.26 Å². The predicted molar refractivity (Wildman–Crippen MR) is 86.3 cm³/mol. The lowest BCUT2D eigenvalue weighted by molar-refractivity contribution is 0.232. The lowest BCUT2D eigenvalue weighted by Crippen LogP contribution is -2.23. The minimum Gasteiger partial charge on any atom is -0.320 e. The summed E-state index contributed by atoms with van der Waals surface area (Å²) in [6.45, 7) is 8.57. The van der Waals surface area contributed by atoms with Crippen LogP contribution in [0.4, 0.5) is 0 Å². The van der Waals surface area contributed by atoms with Crippen molar-refractivity contribution in [3.05, 3.63) is 11.4 Å². The monoisotopic (exact) mass is 303 g/mol. The van der Waals surface area contributed by atoms with Crippen LogP contribution in [-0.4, -0.2) is 14.8 Å². The van der Waals surface area contributed by atoms with Crippen LogP contribution in [0.2, 0.25) is 0 Å². The summed E-state index contributed by atoms with van der Waals surface area (Å²) in [7, 11) is 0. The quantitative estimate of drug-likeness (QED) is 0.769. The van der Waals surface area contributed by atoms with Crippen molar-refractivity contribution < 1.29 is 0 Å². The van der Waals surface area contributed by atoms with Gasteiger partial charge in [-0.1, -0.05) is 18.2 Å². The highest BCUT2D eigenvalue weighted by molar-refractivity contribution is 8.00. The number of imidazole rings is 1. The van der Waals surface area contributed by atoms with Crippen LogP contribution >= 0.6 is 11.8 Å². The van der Waals surface area contributed by atoms with Gasteiger partial charge in [-0.3, -0.25) is 0 Å². The number of nitrogens with zero attached hydrogens (tertiary/aromatic N) is 3. The minimum absolute atomic E-state index is 0.0443. The zero-order valence-corrected chi connectivity index (χ0v) is 14.3. The molecule has 0 radical (unpaired) electrons. The molecule has 2 aliphatic rings. The van der Waals surface area contributed by atoms with Crippen LogP contribution in [-0.2, 0) is 0 Å². The van der Waals surface area contributed by atoms with Crippen molar-refractivity contribution in [2.45, 2.75) is 69.8 Å². The number of thioether (sulfide) groups is 1. The largest absolute Gasteiger partial charge is 0.320 e. The van der Waals surface area contributed by atoms with Crippen LogP contribution in [0, 0.1) is 42.9 Å². The number of nitriles is 1. The summed E-state index contributed by atoms with van der Waals surface area (Å²) >= 11 is 1.60. The van der Waals surface area contributed by atoms with E-state index in [0.717, 1.165) is 28.6 Å². The molecule has 2 bridgehead atoms. The molecule has 5 atom stereocenters. The van der Waals surface area contributed by atoms with Crippen molar-refractivity contribution in [3.63, 3.8) is 0 Å². The topological polar surface area (TPSA) is 41.6 Å². The number of rotatable bonds is 4. The third-order valence-electron chi connectivity index (χ3n) is 5.64. The van der Waals surface area contributed by atoms with E-state index in [1.165, 1.54) is 31.4 Å². The van der Waals surface area contributed by atoms with Gasteiger partial charge in [-0.15, -0.1) is 0 Å². The van der Waals surface area contributed by atoms with Gasteiger partial charge in [0.05, 0.1) is 17.0 Å². The van der Waals surface area contributed by atoms with E-state index in [0.29, 0.717) is 6.04 Å². The van der Waals surface area contributed by atoms with Crippen LogP contribution in [0.1, 0.15) is 57.0 Å². The molecular formula is C17H25N3S. The van der Waals surface area contributed by atoms with E-state index in [1.807, 2.05) is 6.92 Å². The van der Waals surface area contributed by atoms with Crippen molar-refractivity contribution in [1.82, 2.24) is 9.55 Å². The molecule has 0 saturated heterocycles. The molecule has 2 saturated carbocycles. The molecule has 21 heavy (non-hydrogen) atoms. The molecule has 2 aliphatic carbocycles. The first-order valence-electron chi connectivity index (χ1n) is 8.13. The second-order valence-corrected chi connectivity index (χ2v) is 8.21. The van der Waals surface area contributed by atoms with Crippen molar-refractivity contribution >= 4 is 11.8 Å². The normalized spacial score (nSPS) is 30.3. The zero-order chi connectivity index (χ0) is 15.1. The van der Waals surface area contributed by atoms with Crippen LogP contribution < -0.4 is 0 Å². The first kappa shape index (κ1) is 15.0. The maximum Gasteiger partial charge on any atom is 0.169 e. The Morgan fingerprint density at radius 2 is 2.05 bits per heavy atom. The maximum absolute atomic E-state index is 9.09. The van der Waals surface area contributed by atoms with Gasteiger partial charge in [0.25, 0.3) is 0 Å². The summed E-state index contributed by atoms with van der Waals surface area (Å²) in [5.74, 6) is 2.69. The summed E-state index contributed by atoms with van der Waals surface area (Å²) < 4.78 is 2.42. The Morgan fingerprint density at radius 3 is 2.62 bits per heavy atom. The third kappa shape index (κ3) is 2.61. The van der Waals surface area contributed by atoms with Crippen molar-refractivity contribution in [2.75, 3.05) is 0 Å². The molecule has 3 rings (SSSR count). The van der Waals surface area contributed by atoms with Gasteiger partial charge >= 0.3 is 0 Å². The Kier molecular flexibility index (Phi) is 4.05. The molecule has 1 aromatic rings. The maximum atomic E-state index is 9.09. The summed E-state index contributed by atoms with van der Waals surface area (Å²) in [6, 6.07) is 2.82. The van der Waals surface area contributed by atoms with E-state index >= 15 is 0 Å². The van der Waals surface area contributed by atoms with E-state index in [9.17, 15) is 0 Å². The first-order valence-corrected chi connectivity index (χ1v) is 9.01. The number of hydrogen-bond donors (Lipinski definition) is 0. The van der Waals surface area contributed by atoms with Crippen LogP contribution in [0.5, 0.6) is 0 Å². The molecule has 0 aliphatic heterocycles. The second-order valence-electron chi connectivity index (χ2n) is 6.90. The fourth-order valence-corrected chi connectivity index (χ4v) is 5.39. The predicted octanol–water partition coefficient (Wildman–Crippen LogP) is 4.50. The third-order valence-corrected chi connectivity index (χ3v) is 6.60. The van der Waals surface area contributed by atoms with Gasteiger partial charge in [-0.25, -0.2) is 4.98 Å². The summed E-state index contributed by atoms with van der Waals surface area (Å²) in [4.78, 5) is 4.73. The molecule has 3 nitrogen and oxygen atoms in total. The Bertz CT molecular complexity index is 571. The van der Waals surface area contributed by atoms with Crippen LogP contribution in [0.15, 0.2) is 5.16 Å². The summed E-state index contributed by atoms with van der Waals surface area (Å²) in [5.41, 5.74) is 2.38. The molecule has 4 heteroatoms. The van der Waals surface area contributed by atoms with Crippen LogP contribution in [0.25, 0.3) is 0 Å². The molecule has 0 spiro atoms. The van der Waals surface area contributed by atoms with Gasteiger partial charge in [0, 0.05) is 11.7 Å². The fraction of sp³-hybridized carbons (Fsp3) is 0.765. The molecule has 2 fully saturated rings. The first-order chi connectivity index (χ1) is 10.0. The second kappa shape index (κ2) is 5.68. The lowest BCUT2D eigenvalue weighted by atomic mass is 9.84. The van der Waals surface area contributed by atoms with E-state index < -0.39 is 0 Å². The van der Waals surface area contributed by atoms with E-state index in [1.54, 1.807) is 11.8 Å². The lowest BCUT2D eigenvalue weighted by Gasteiger charge is -2.30.